The number of rotatable bonds is 12. The largest absolute Gasteiger partial charge is 0.497 e. The topological polar surface area (TPSA) is 96.0 Å². The van der Waals surface area contributed by atoms with Crippen LogP contribution in [-0.2, 0) is 27.2 Å². The van der Waals surface area contributed by atoms with Crippen LogP contribution in [0.2, 0.25) is 0 Å². The van der Waals surface area contributed by atoms with Gasteiger partial charge in [-0.05, 0) is 42.3 Å². The van der Waals surface area contributed by atoms with Crippen LogP contribution in [0.1, 0.15) is 34.8 Å². The van der Waals surface area contributed by atoms with Crippen LogP contribution >= 0.6 is 11.3 Å². The normalized spacial score (nSPS) is 11.7. The van der Waals surface area contributed by atoms with E-state index >= 15 is 0 Å². The summed E-state index contributed by atoms with van der Waals surface area (Å²) in [6, 6.07) is 18.9. The Morgan fingerprint density at radius 2 is 1.69 bits per heavy atom. The summed E-state index contributed by atoms with van der Waals surface area (Å²) in [5.74, 6) is 0.408. The summed E-state index contributed by atoms with van der Waals surface area (Å²) in [5.41, 5.74) is 2.22. The molecule has 0 saturated carbocycles. The van der Waals surface area contributed by atoms with Gasteiger partial charge in [0.25, 0.3) is 0 Å². The Hall–Kier alpha value is -3.95. The van der Waals surface area contributed by atoms with Crippen molar-refractivity contribution in [3.05, 3.63) is 76.8 Å². The van der Waals surface area contributed by atoms with E-state index in [4.69, 9.17) is 23.9 Å². The maximum atomic E-state index is 12.9. The van der Waals surface area contributed by atoms with Crippen molar-refractivity contribution in [3.63, 3.8) is 0 Å². The highest BCUT2D eigenvalue weighted by molar-refractivity contribution is 7.17. The molecule has 0 radical (unpaired) electrons. The van der Waals surface area contributed by atoms with Crippen molar-refractivity contribution < 1.29 is 28.5 Å². The molecule has 0 amide bonds. The number of carbonyl (C=O) groups excluding carboxylic acids is 2. The third-order valence-corrected chi connectivity index (χ3v) is 7.29. The lowest BCUT2D eigenvalue weighted by molar-refractivity contribution is -0.145. The zero-order chi connectivity index (χ0) is 27.8. The minimum Gasteiger partial charge on any atom is -0.497 e. The third-order valence-electron chi connectivity index (χ3n) is 6.16. The van der Waals surface area contributed by atoms with E-state index < -0.39 is 18.0 Å². The van der Waals surface area contributed by atoms with E-state index in [1.807, 2.05) is 48.5 Å². The molecule has 1 atom stereocenters. The van der Waals surface area contributed by atoms with Crippen molar-refractivity contribution in [3.8, 4) is 22.1 Å². The molecule has 204 valence electrons. The summed E-state index contributed by atoms with van der Waals surface area (Å²) < 4.78 is 21.5. The van der Waals surface area contributed by atoms with Crippen molar-refractivity contribution in [1.82, 2.24) is 10.3 Å². The van der Waals surface area contributed by atoms with Crippen LogP contribution in [-0.4, -0.2) is 50.4 Å². The smallest absolute Gasteiger partial charge is 0.350 e. The van der Waals surface area contributed by atoms with Crippen LogP contribution in [0.4, 0.5) is 0 Å². The lowest BCUT2D eigenvalue weighted by atomic mass is 10.0. The van der Waals surface area contributed by atoms with E-state index in [1.54, 1.807) is 34.1 Å². The highest BCUT2D eigenvalue weighted by Crippen LogP contribution is 2.31. The molecule has 0 aliphatic rings. The maximum absolute atomic E-state index is 12.9. The molecule has 9 heteroatoms. The SMILES string of the molecule is CCOC(=O)c1sc(-c2ccc3ccccc3c2)nc1CNC(Cc1ccc(OC)cc1OC)C(=O)OCC. The first-order valence-electron chi connectivity index (χ1n) is 12.7. The molecule has 0 aliphatic heterocycles. The Bertz CT molecular complexity index is 1450. The van der Waals surface area contributed by atoms with Gasteiger partial charge in [0.1, 0.15) is 27.4 Å². The van der Waals surface area contributed by atoms with Gasteiger partial charge in [0, 0.05) is 24.6 Å². The van der Waals surface area contributed by atoms with E-state index in [0.717, 1.165) is 21.9 Å². The number of nitrogens with zero attached hydrogens (tertiary/aromatic N) is 1. The van der Waals surface area contributed by atoms with E-state index in [2.05, 4.69) is 11.4 Å². The van der Waals surface area contributed by atoms with Gasteiger partial charge in [-0.2, -0.15) is 0 Å². The second-order valence-corrected chi connectivity index (χ2v) is 9.64. The number of nitrogens with one attached hydrogen (secondary N) is 1. The number of benzene rings is 3. The van der Waals surface area contributed by atoms with Crippen molar-refractivity contribution in [1.29, 1.82) is 0 Å². The highest BCUT2D eigenvalue weighted by atomic mass is 32.1. The fourth-order valence-electron chi connectivity index (χ4n) is 4.22. The first-order valence-corrected chi connectivity index (χ1v) is 13.6. The summed E-state index contributed by atoms with van der Waals surface area (Å²) in [7, 11) is 3.15. The van der Waals surface area contributed by atoms with Crippen LogP contribution in [0, 0.1) is 0 Å². The number of esters is 2. The van der Waals surface area contributed by atoms with Crippen LogP contribution in [0.5, 0.6) is 11.5 Å². The second-order valence-electron chi connectivity index (χ2n) is 8.64. The minimum atomic E-state index is -0.701. The van der Waals surface area contributed by atoms with Crippen LogP contribution in [0.3, 0.4) is 0 Å². The number of aromatic nitrogens is 1. The molecule has 4 rings (SSSR count). The highest BCUT2D eigenvalue weighted by Gasteiger charge is 2.25. The molecule has 39 heavy (non-hydrogen) atoms. The number of hydrogen-bond acceptors (Lipinski definition) is 9. The van der Waals surface area contributed by atoms with Crippen molar-refractivity contribution in [2.24, 2.45) is 0 Å². The first kappa shape index (κ1) is 28.1. The van der Waals surface area contributed by atoms with Gasteiger partial charge in [-0.1, -0.05) is 42.5 Å². The number of fused-ring (bicyclic) bond motifs is 1. The molecule has 0 aliphatic carbocycles. The summed E-state index contributed by atoms with van der Waals surface area (Å²) >= 11 is 1.28. The fourth-order valence-corrected chi connectivity index (χ4v) is 5.19. The fraction of sp³-hybridized carbons (Fsp3) is 0.300. The van der Waals surface area contributed by atoms with Gasteiger partial charge >= 0.3 is 11.9 Å². The lowest BCUT2D eigenvalue weighted by Gasteiger charge is -2.19. The number of methoxy groups -OCH3 is 2. The van der Waals surface area contributed by atoms with Gasteiger partial charge in [-0.3, -0.25) is 10.1 Å². The molecule has 4 aromatic rings. The molecule has 0 fully saturated rings. The molecule has 1 N–H and O–H groups in total. The lowest BCUT2D eigenvalue weighted by Crippen LogP contribution is -2.40. The van der Waals surface area contributed by atoms with Gasteiger partial charge in [0.2, 0.25) is 0 Å². The Labute approximate surface area is 231 Å². The Morgan fingerprint density at radius 3 is 2.41 bits per heavy atom. The number of carbonyl (C=O) groups is 2. The Kier molecular flexibility index (Phi) is 9.51. The second kappa shape index (κ2) is 13.2. The number of hydrogen-bond donors (Lipinski definition) is 1. The van der Waals surface area contributed by atoms with Crippen molar-refractivity contribution >= 4 is 34.0 Å². The standard InChI is InChI=1S/C30H32N2O6S/c1-5-37-29(33)24(16-21-13-14-23(35-3)17-26(21)36-4)31-18-25-27(30(34)38-6-2)39-28(32-25)22-12-11-19-9-7-8-10-20(19)15-22/h7-15,17,24,31H,5-6,16,18H2,1-4H3. The first-order chi connectivity index (χ1) is 19.0. The van der Waals surface area contributed by atoms with Gasteiger partial charge < -0.3 is 18.9 Å². The summed E-state index contributed by atoms with van der Waals surface area (Å²) in [4.78, 5) is 30.9. The van der Waals surface area contributed by atoms with Crippen LogP contribution in [0.25, 0.3) is 21.3 Å². The molecule has 3 aromatic carbocycles. The molecule has 8 nitrogen and oxygen atoms in total. The van der Waals surface area contributed by atoms with E-state index in [0.29, 0.717) is 33.5 Å². The quantitative estimate of drug-likeness (QED) is 0.235. The predicted octanol–water partition coefficient (Wildman–Crippen LogP) is 5.42. The number of thiazole rings is 1. The maximum Gasteiger partial charge on any atom is 0.350 e. The summed E-state index contributed by atoms with van der Waals surface area (Å²) in [6.45, 7) is 4.18. The van der Waals surface area contributed by atoms with Gasteiger partial charge in [-0.25, -0.2) is 9.78 Å². The minimum absolute atomic E-state index is 0.167. The van der Waals surface area contributed by atoms with E-state index in [-0.39, 0.29) is 19.8 Å². The van der Waals surface area contributed by atoms with Crippen LogP contribution in [0.15, 0.2) is 60.7 Å². The van der Waals surface area contributed by atoms with Gasteiger partial charge in [0.15, 0.2) is 0 Å². The Morgan fingerprint density at radius 1 is 0.923 bits per heavy atom. The monoisotopic (exact) mass is 548 g/mol. The molecule has 0 spiro atoms. The molecular weight excluding hydrogens is 516 g/mol. The Balaban J connectivity index is 1.62. The summed E-state index contributed by atoms with van der Waals surface area (Å²) in [5, 5.41) is 6.16. The molecule has 0 saturated heterocycles. The molecular formula is C30H32N2O6S. The third kappa shape index (κ3) is 6.74. The molecule has 1 aromatic heterocycles. The predicted molar refractivity (Wildman–Crippen MR) is 152 cm³/mol. The number of ether oxygens (including phenoxy) is 4. The average Bonchev–Trinajstić information content (AvgIpc) is 3.39. The summed E-state index contributed by atoms with van der Waals surface area (Å²) in [6.07, 6.45) is 0.308. The average molecular weight is 549 g/mol. The zero-order valence-electron chi connectivity index (χ0n) is 22.5. The van der Waals surface area contributed by atoms with Crippen molar-refractivity contribution in [2.45, 2.75) is 32.9 Å². The zero-order valence-corrected chi connectivity index (χ0v) is 23.3. The molecule has 1 heterocycles. The van der Waals surface area contributed by atoms with Crippen LogP contribution < -0.4 is 14.8 Å². The van der Waals surface area contributed by atoms with Crippen molar-refractivity contribution in [2.75, 3.05) is 27.4 Å². The van der Waals surface area contributed by atoms with Gasteiger partial charge in [0.05, 0.1) is 33.1 Å². The molecule has 0 bridgehead atoms. The van der Waals surface area contributed by atoms with Gasteiger partial charge in [-0.15, -0.1) is 11.3 Å². The van der Waals surface area contributed by atoms with E-state index in [9.17, 15) is 9.59 Å². The molecule has 1 unspecified atom stereocenters. The van der Waals surface area contributed by atoms with E-state index in [1.165, 1.54) is 11.3 Å².